The first kappa shape index (κ1) is 22.5. The molecule has 2 bridgehead atoms. The Hall–Kier alpha value is -3.70. The number of amides is 2. The van der Waals surface area contributed by atoms with Crippen LogP contribution in [0, 0.1) is 11.3 Å². The molecular weight excluding hydrogens is 444 g/mol. The van der Waals surface area contributed by atoms with Crippen molar-refractivity contribution in [3.05, 3.63) is 70.8 Å². The van der Waals surface area contributed by atoms with E-state index in [-0.39, 0.29) is 6.42 Å². The fraction of sp³-hybridized carbons (Fsp3) is 0.292. The van der Waals surface area contributed by atoms with Gasteiger partial charge in [0.25, 0.3) is 5.91 Å². The second-order valence-electron chi connectivity index (χ2n) is 7.86. The fourth-order valence-corrected chi connectivity index (χ4v) is 3.64. The van der Waals surface area contributed by atoms with E-state index in [1.165, 1.54) is 0 Å². The highest BCUT2D eigenvalue weighted by atomic mass is 35.5. The molecule has 0 saturated heterocycles. The molecule has 2 heterocycles. The van der Waals surface area contributed by atoms with Crippen molar-refractivity contribution in [1.82, 2.24) is 10.6 Å². The number of nitriles is 1. The molecule has 0 aromatic heterocycles. The summed E-state index contributed by atoms with van der Waals surface area (Å²) < 4.78 is 11.2. The van der Waals surface area contributed by atoms with Crippen molar-refractivity contribution in [2.45, 2.75) is 31.0 Å². The topological polar surface area (TPSA) is 112 Å². The fourth-order valence-electron chi connectivity index (χ4n) is 3.39. The lowest BCUT2D eigenvalue weighted by atomic mass is 10.1. The maximum atomic E-state index is 13.1. The molecule has 2 amide bonds. The van der Waals surface area contributed by atoms with Crippen LogP contribution >= 0.6 is 11.6 Å². The zero-order chi connectivity index (χ0) is 23.3. The van der Waals surface area contributed by atoms with Crippen LogP contribution in [0.5, 0.6) is 5.75 Å². The van der Waals surface area contributed by atoms with E-state index < -0.39 is 23.8 Å². The van der Waals surface area contributed by atoms with Gasteiger partial charge in [0.1, 0.15) is 17.9 Å². The van der Waals surface area contributed by atoms with Crippen LogP contribution in [-0.4, -0.2) is 36.9 Å². The first-order valence-electron chi connectivity index (χ1n) is 10.6. The molecule has 3 N–H and O–H groups in total. The molecule has 1 fully saturated rings. The number of rotatable bonds is 2. The number of para-hydroxylation sites is 1. The van der Waals surface area contributed by atoms with Crippen molar-refractivity contribution in [2.75, 3.05) is 18.5 Å². The van der Waals surface area contributed by atoms with Gasteiger partial charge in [-0.15, -0.1) is 0 Å². The summed E-state index contributed by atoms with van der Waals surface area (Å²) in [5.74, 6) is 0.124. The number of benzene rings is 2. The van der Waals surface area contributed by atoms with E-state index in [0.717, 1.165) is 5.56 Å². The summed E-state index contributed by atoms with van der Waals surface area (Å²) in [6.45, 7) is 0.828. The number of alkyl carbamates (subject to hydrolysis) is 1. The van der Waals surface area contributed by atoms with Crippen molar-refractivity contribution in [2.24, 2.45) is 0 Å². The Kier molecular flexibility index (Phi) is 6.71. The number of fused-ring (bicyclic) bond motifs is 9. The minimum Gasteiger partial charge on any atom is -0.488 e. The molecule has 0 unspecified atom stereocenters. The van der Waals surface area contributed by atoms with E-state index in [4.69, 9.17) is 21.1 Å². The molecule has 2 aromatic carbocycles. The summed E-state index contributed by atoms with van der Waals surface area (Å²) in [6, 6.07) is 14.4. The molecule has 1 aliphatic carbocycles. The molecule has 1 atom stereocenters. The van der Waals surface area contributed by atoms with Crippen molar-refractivity contribution in [1.29, 1.82) is 5.26 Å². The maximum absolute atomic E-state index is 13.1. The number of anilines is 1. The molecule has 170 valence electrons. The van der Waals surface area contributed by atoms with Gasteiger partial charge in [-0.3, -0.25) is 4.79 Å². The highest BCUT2D eigenvalue weighted by Gasteiger charge is 2.45. The van der Waals surface area contributed by atoms with E-state index in [0.29, 0.717) is 48.0 Å². The number of nitrogens with zero attached hydrogens (tertiary/aromatic N) is 1. The van der Waals surface area contributed by atoms with Crippen LogP contribution < -0.4 is 20.7 Å². The lowest BCUT2D eigenvalue weighted by Crippen LogP contribution is -2.45. The average molecular weight is 467 g/mol. The summed E-state index contributed by atoms with van der Waals surface area (Å²) in [7, 11) is 0. The highest BCUT2D eigenvalue weighted by molar-refractivity contribution is 6.32. The summed E-state index contributed by atoms with van der Waals surface area (Å²) in [4.78, 5) is 25.5. The average Bonchev–Trinajstić information content (AvgIpc) is 3.56. The van der Waals surface area contributed by atoms with Crippen molar-refractivity contribution < 1.29 is 19.1 Å². The van der Waals surface area contributed by atoms with Crippen LogP contribution in [0.1, 0.15) is 28.8 Å². The Morgan fingerprint density at radius 3 is 2.82 bits per heavy atom. The van der Waals surface area contributed by atoms with Gasteiger partial charge in [-0.05, 0) is 48.7 Å². The number of ether oxygens (including phenoxy) is 2. The molecule has 8 nitrogen and oxygen atoms in total. The quantitative estimate of drug-likeness (QED) is 0.580. The zero-order valence-electron chi connectivity index (χ0n) is 17.8. The first-order valence-corrected chi connectivity index (χ1v) is 11.0. The van der Waals surface area contributed by atoms with Crippen LogP contribution in [0.2, 0.25) is 5.02 Å². The third-order valence-electron chi connectivity index (χ3n) is 5.35. The minimum absolute atomic E-state index is 0.175. The summed E-state index contributed by atoms with van der Waals surface area (Å²) in [6.07, 6.45) is 3.31. The molecule has 33 heavy (non-hydrogen) atoms. The number of hydrogen-bond donors (Lipinski definition) is 3. The smallest absolute Gasteiger partial charge is 0.410 e. The van der Waals surface area contributed by atoms with Gasteiger partial charge in [-0.1, -0.05) is 35.9 Å². The minimum atomic E-state index is -0.990. The molecule has 5 rings (SSSR count). The summed E-state index contributed by atoms with van der Waals surface area (Å²) >= 11 is 6.35. The van der Waals surface area contributed by atoms with Gasteiger partial charge in [0.15, 0.2) is 6.23 Å². The van der Waals surface area contributed by atoms with E-state index in [1.807, 2.05) is 18.2 Å². The molecular formula is C24H23ClN4O4. The van der Waals surface area contributed by atoms with Crippen LogP contribution in [0.3, 0.4) is 0 Å². The standard InChI is InChI=1S/C24H23ClN4O4/c25-18-13-16-7-8-20(18)32-12-4-3-11-27-19-6-2-1-5-17(19)22(30)28-21(14-16)33-23(31)29-24(15-26)9-10-24/h1-8,13,21,27H,9-12,14H2,(H,28,30)(H,29,31)/b4-3+/t21-/m0/s1. The maximum Gasteiger partial charge on any atom is 0.410 e. The molecule has 3 aliphatic rings. The van der Waals surface area contributed by atoms with Crippen LogP contribution in [0.15, 0.2) is 54.6 Å². The Balaban J connectivity index is 1.60. The van der Waals surface area contributed by atoms with E-state index in [9.17, 15) is 14.9 Å². The Morgan fingerprint density at radius 1 is 1.24 bits per heavy atom. The van der Waals surface area contributed by atoms with Crippen molar-refractivity contribution >= 4 is 29.3 Å². The molecule has 0 radical (unpaired) electrons. The molecule has 0 spiro atoms. The van der Waals surface area contributed by atoms with Gasteiger partial charge in [-0.2, -0.15) is 5.26 Å². The van der Waals surface area contributed by atoms with Crippen molar-refractivity contribution in [3.8, 4) is 11.8 Å². The van der Waals surface area contributed by atoms with E-state index in [2.05, 4.69) is 22.0 Å². The van der Waals surface area contributed by atoms with Gasteiger partial charge in [-0.25, -0.2) is 4.79 Å². The monoisotopic (exact) mass is 466 g/mol. The lowest BCUT2D eigenvalue weighted by Gasteiger charge is -2.22. The first-order chi connectivity index (χ1) is 16.0. The molecule has 1 saturated carbocycles. The Labute approximate surface area is 196 Å². The lowest BCUT2D eigenvalue weighted by molar-refractivity contribution is 0.0624. The number of carbonyl (C=O) groups excluding carboxylic acids is 2. The SMILES string of the molecule is N#CC1(NC(=O)O[C@H]2Cc3ccc(c(Cl)c3)OC/C=C/CNc3ccccc3C(=O)N2)CC1. The second kappa shape index (κ2) is 9.84. The second-order valence-corrected chi connectivity index (χ2v) is 8.27. The molecule has 9 heteroatoms. The van der Waals surface area contributed by atoms with E-state index in [1.54, 1.807) is 36.4 Å². The predicted molar refractivity (Wildman–Crippen MR) is 123 cm³/mol. The Morgan fingerprint density at radius 2 is 2.06 bits per heavy atom. The van der Waals surface area contributed by atoms with Gasteiger partial charge in [0, 0.05) is 18.7 Å². The van der Waals surface area contributed by atoms with Crippen molar-refractivity contribution in [3.63, 3.8) is 0 Å². The van der Waals surface area contributed by atoms with Crippen LogP contribution in [0.4, 0.5) is 10.5 Å². The van der Waals surface area contributed by atoms with Gasteiger partial charge in [0.05, 0.1) is 16.7 Å². The van der Waals surface area contributed by atoms with Crippen LogP contribution in [0.25, 0.3) is 0 Å². The zero-order valence-corrected chi connectivity index (χ0v) is 18.5. The van der Waals surface area contributed by atoms with Gasteiger partial charge in [0.2, 0.25) is 0 Å². The largest absolute Gasteiger partial charge is 0.488 e. The number of hydrogen-bond acceptors (Lipinski definition) is 6. The predicted octanol–water partition coefficient (Wildman–Crippen LogP) is 3.78. The van der Waals surface area contributed by atoms with Gasteiger partial charge < -0.3 is 25.4 Å². The number of halogens is 1. The third kappa shape index (κ3) is 5.76. The Bertz CT molecular complexity index is 1120. The number of carbonyl (C=O) groups is 2. The molecule has 2 aromatic rings. The van der Waals surface area contributed by atoms with Crippen LogP contribution in [-0.2, 0) is 11.2 Å². The molecule has 2 aliphatic heterocycles. The van der Waals surface area contributed by atoms with Gasteiger partial charge >= 0.3 is 6.09 Å². The third-order valence-corrected chi connectivity index (χ3v) is 5.64. The highest BCUT2D eigenvalue weighted by Crippen LogP contribution is 2.34. The van der Waals surface area contributed by atoms with E-state index >= 15 is 0 Å². The summed E-state index contributed by atoms with van der Waals surface area (Å²) in [5, 5.41) is 18.2. The summed E-state index contributed by atoms with van der Waals surface area (Å²) in [5.41, 5.74) is 0.906. The normalized spacial score (nSPS) is 20.1. The number of nitrogens with one attached hydrogen (secondary N) is 3.